The Hall–Kier alpha value is -2.54. The molecule has 2 aromatic rings. The number of rotatable bonds is 4. The molecule has 0 aliphatic carbocycles. The maximum atomic E-state index is 12.0. The third kappa shape index (κ3) is 3.51. The van der Waals surface area contributed by atoms with Crippen molar-refractivity contribution in [3.63, 3.8) is 0 Å². The number of aliphatic hydroxyl groups is 1. The van der Waals surface area contributed by atoms with Crippen LogP contribution in [0.5, 0.6) is 0 Å². The summed E-state index contributed by atoms with van der Waals surface area (Å²) < 4.78 is 0. The highest BCUT2D eigenvalue weighted by atomic mass is 16.3. The fourth-order valence-electron chi connectivity index (χ4n) is 1.69. The molecule has 21 heavy (non-hydrogen) atoms. The number of nitrogens with zero attached hydrogens (tertiary/aromatic N) is 2. The second kappa shape index (κ2) is 6.27. The lowest BCUT2D eigenvalue weighted by Crippen LogP contribution is -2.38. The monoisotopic (exact) mass is 288 g/mol. The Morgan fingerprint density at radius 3 is 2.86 bits per heavy atom. The average Bonchev–Trinajstić information content (AvgIpc) is 2.48. The molecule has 0 spiro atoms. The lowest BCUT2D eigenvalue weighted by molar-refractivity contribution is 0.0920. The number of aromatic amines is 1. The second-order valence-corrected chi connectivity index (χ2v) is 4.74. The molecule has 2 rings (SSSR count). The molecule has 0 fully saturated rings. The van der Waals surface area contributed by atoms with Gasteiger partial charge in [-0.3, -0.25) is 14.6 Å². The standard InChI is InChI=1S/C14H16N4O3/c1-8-3-4-10(6-15-8)12-5-11(14(21)18-17-12)13(20)16-9(2)7-19/h3-6,9,19H,7H2,1-2H3,(H,16,20)(H,18,21)/t9-/m0/s1. The molecule has 0 bridgehead atoms. The van der Waals surface area contributed by atoms with Gasteiger partial charge in [0.15, 0.2) is 0 Å². The van der Waals surface area contributed by atoms with E-state index in [-0.39, 0.29) is 12.2 Å². The summed E-state index contributed by atoms with van der Waals surface area (Å²) in [5, 5.41) is 17.7. The fraction of sp³-hybridized carbons (Fsp3) is 0.286. The van der Waals surface area contributed by atoms with Crippen LogP contribution in [0.15, 0.2) is 29.2 Å². The van der Waals surface area contributed by atoms with E-state index in [1.165, 1.54) is 6.07 Å². The van der Waals surface area contributed by atoms with E-state index in [1.54, 1.807) is 19.2 Å². The summed E-state index contributed by atoms with van der Waals surface area (Å²) in [6.07, 6.45) is 1.62. The Bertz CT molecular complexity index is 694. The van der Waals surface area contributed by atoms with Gasteiger partial charge in [0, 0.05) is 23.5 Å². The average molecular weight is 288 g/mol. The largest absolute Gasteiger partial charge is 0.394 e. The minimum Gasteiger partial charge on any atom is -0.394 e. The summed E-state index contributed by atoms with van der Waals surface area (Å²) >= 11 is 0. The van der Waals surface area contributed by atoms with Crippen LogP contribution in [0.1, 0.15) is 23.0 Å². The number of hydrogen-bond acceptors (Lipinski definition) is 5. The number of aryl methyl sites for hydroxylation is 1. The molecule has 0 aromatic carbocycles. The van der Waals surface area contributed by atoms with Crippen molar-refractivity contribution in [2.45, 2.75) is 19.9 Å². The molecule has 110 valence electrons. The lowest BCUT2D eigenvalue weighted by atomic mass is 10.1. The van der Waals surface area contributed by atoms with Gasteiger partial charge in [-0.25, -0.2) is 5.10 Å². The first-order valence-electron chi connectivity index (χ1n) is 6.45. The number of nitrogens with one attached hydrogen (secondary N) is 2. The molecule has 0 radical (unpaired) electrons. The minimum absolute atomic E-state index is 0.0547. The van der Waals surface area contributed by atoms with Gasteiger partial charge in [-0.15, -0.1) is 0 Å². The van der Waals surface area contributed by atoms with Gasteiger partial charge < -0.3 is 10.4 Å². The third-order valence-electron chi connectivity index (χ3n) is 2.91. The summed E-state index contributed by atoms with van der Waals surface area (Å²) in [5.74, 6) is -0.554. The zero-order valence-corrected chi connectivity index (χ0v) is 11.8. The van der Waals surface area contributed by atoms with E-state index in [2.05, 4.69) is 20.5 Å². The molecular formula is C14H16N4O3. The van der Waals surface area contributed by atoms with Gasteiger partial charge in [0.05, 0.1) is 12.3 Å². The summed E-state index contributed by atoms with van der Waals surface area (Å²) in [6, 6.07) is 4.59. The number of amides is 1. The number of aliphatic hydroxyl groups excluding tert-OH is 1. The highest BCUT2D eigenvalue weighted by molar-refractivity contribution is 5.94. The molecule has 0 saturated carbocycles. The Balaban J connectivity index is 2.35. The lowest BCUT2D eigenvalue weighted by Gasteiger charge is -2.10. The Morgan fingerprint density at radius 1 is 1.48 bits per heavy atom. The van der Waals surface area contributed by atoms with Crippen LogP contribution in [-0.2, 0) is 0 Å². The third-order valence-corrected chi connectivity index (χ3v) is 2.91. The van der Waals surface area contributed by atoms with Crippen molar-refractivity contribution < 1.29 is 9.90 Å². The normalized spacial score (nSPS) is 12.0. The number of carbonyl (C=O) groups excluding carboxylic acids is 1. The maximum absolute atomic E-state index is 12.0. The van der Waals surface area contributed by atoms with Crippen molar-refractivity contribution in [3.05, 3.63) is 46.0 Å². The predicted molar refractivity (Wildman–Crippen MR) is 76.8 cm³/mol. The minimum atomic E-state index is -0.582. The predicted octanol–water partition coefficient (Wildman–Crippen LogP) is 0.251. The number of aromatic nitrogens is 3. The topological polar surface area (TPSA) is 108 Å². The van der Waals surface area contributed by atoms with E-state index in [4.69, 9.17) is 5.11 Å². The highest BCUT2D eigenvalue weighted by Crippen LogP contribution is 2.15. The van der Waals surface area contributed by atoms with Crippen LogP contribution in [0.4, 0.5) is 0 Å². The SMILES string of the molecule is Cc1ccc(-c2cc(C(=O)N[C@@H](C)CO)c(=O)[nH]n2)cn1. The summed E-state index contributed by atoms with van der Waals surface area (Å²) in [7, 11) is 0. The number of carbonyl (C=O) groups is 1. The smallest absolute Gasteiger partial charge is 0.277 e. The van der Waals surface area contributed by atoms with Crippen molar-refractivity contribution in [1.29, 1.82) is 0 Å². The summed E-state index contributed by atoms with van der Waals surface area (Å²) in [5.41, 5.74) is 1.37. The van der Waals surface area contributed by atoms with E-state index in [0.29, 0.717) is 11.3 Å². The van der Waals surface area contributed by atoms with Crippen molar-refractivity contribution in [2.24, 2.45) is 0 Å². The van der Waals surface area contributed by atoms with Gasteiger partial charge in [-0.2, -0.15) is 5.10 Å². The number of hydrogen-bond donors (Lipinski definition) is 3. The van der Waals surface area contributed by atoms with Crippen molar-refractivity contribution in [2.75, 3.05) is 6.61 Å². The number of pyridine rings is 1. The fourth-order valence-corrected chi connectivity index (χ4v) is 1.69. The Morgan fingerprint density at radius 2 is 2.24 bits per heavy atom. The molecule has 0 aliphatic rings. The highest BCUT2D eigenvalue weighted by Gasteiger charge is 2.15. The van der Waals surface area contributed by atoms with Crippen LogP contribution < -0.4 is 10.9 Å². The zero-order chi connectivity index (χ0) is 15.4. The first-order valence-corrected chi connectivity index (χ1v) is 6.45. The van der Waals surface area contributed by atoms with Gasteiger partial charge in [0.25, 0.3) is 11.5 Å². The zero-order valence-electron chi connectivity index (χ0n) is 11.8. The van der Waals surface area contributed by atoms with Crippen molar-refractivity contribution in [1.82, 2.24) is 20.5 Å². The van der Waals surface area contributed by atoms with Crippen molar-refractivity contribution in [3.8, 4) is 11.3 Å². The summed E-state index contributed by atoms with van der Waals surface area (Å²) in [4.78, 5) is 27.8. The van der Waals surface area contributed by atoms with Gasteiger partial charge in [0.2, 0.25) is 0 Å². The van der Waals surface area contributed by atoms with Crippen LogP contribution in [-0.4, -0.2) is 38.8 Å². The van der Waals surface area contributed by atoms with Crippen LogP contribution in [0, 0.1) is 6.92 Å². The maximum Gasteiger partial charge on any atom is 0.277 e. The molecular weight excluding hydrogens is 272 g/mol. The number of H-pyrrole nitrogens is 1. The van der Waals surface area contributed by atoms with Gasteiger partial charge in [0.1, 0.15) is 5.56 Å². The van der Waals surface area contributed by atoms with Gasteiger partial charge in [-0.1, -0.05) is 0 Å². The summed E-state index contributed by atoms with van der Waals surface area (Å²) in [6.45, 7) is 3.29. The second-order valence-electron chi connectivity index (χ2n) is 4.74. The van der Waals surface area contributed by atoms with E-state index >= 15 is 0 Å². The van der Waals surface area contributed by atoms with E-state index in [0.717, 1.165) is 5.69 Å². The van der Waals surface area contributed by atoms with E-state index < -0.39 is 17.5 Å². The van der Waals surface area contributed by atoms with E-state index in [9.17, 15) is 9.59 Å². The first-order chi connectivity index (χ1) is 10.0. The van der Waals surface area contributed by atoms with Crippen molar-refractivity contribution >= 4 is 5.91 Å². The van der Waals surface area contributed by atoms with E-state index in [1.807, 2.05) is 13.0 Å². The van der Waals surface area contributed by atoms with Crippen LogP contribution in [0.2, 0.25) is 0 Å². The molecule has 1 atom stereocenters. The molecule has 1 amide bonds. The van der Waals surface area contributed by atoms with Gasteiger partial charge in [-0.05, 0) is 32.0 Å². The molecule has 2 aromatic heterocycles. The molecule has 2 heterocycles. The van der Waals surface area contributed by atoms with Gasteiger partial charge >= 0.3 is 0 Å². The molecule has 0 aliphatic heterocycles. The molecule has 0 saturated heterocycles. The molecule has 0 unspecified atom stereocenters. The molecule has 7 nitrogen and oxygen atoms in total. The Labute approximate surface area is 121 Å². The Kier molecular flexibility index (Phi) is 4.44. The van der Waals surface area contributed by atoms with Crippen LogP contribution in [0.3, 0.4) is 0 Å². The molecule has 7 heteroatoms. The molecule has 3 N–H and O–H groups in total. The first kappa shape index (κ1) is 14.9. The van der Waals surface area contributed by atoms with Crippen LogP contribution in [0.25, 0.3) is 11.3 Å². The van der Waals surface area contributed by atoms with Crippen LogP contribution >= 0.6 is 0 Å². The quantitative estimate of drug-likeness (QED) is 0.747.